The number of carbonyl (C=O) groups excluding carboxylic acids is 1. The number of carbonyl (C=O) groups is 1. The number of nitrogens with one attached hydrogen (secondary N) is 1. The van der Waals surface area contributed by atoms with Crippen LogP contribution in [0.2, 0.25) is 5.02 Å². The Hall–Kier alpha value is -2.67. The van der Waals surface area contributed by atoms with Crippen molar-refractivity contribution in [1.29, 1.82) is 0 Å². The molecule has 2 aromatic rings. The predicted octanol–water partition coefficient (Wildman–Crippen LogP) is 5.92. The van der Waals surface area contributed by atoms with Crippen LogP contribution in [-0.2, 0) is 32.5 Å². The lowest BCUT2D eigenvalue weighted by atomic mass is 9.63. The Bertz CT molecular complexity index is 1750. The van der Waals surface area contributed by atoms with E-state index in [0.29, 0.717) is 42.9 Å². The number of ether oxygens (including phenoxy) is 3. The van der Waals surface area contributed by atoms with E-state index in [9.17, 15) is 13.2 Å². The quantitative estimate of drug-likeness (QED) is 0.372. The third-order valence-corrected chi connectivity index (χ3v) is 14.7. The third kappa shape index (κ3) is 8.60. The molecule has 10 nitrogen and oxygen atoms in total. The Kier molecular flexibility index (Phi) is 12.1. The molecule has 7 rings (SSSR count). The van der Waals surface area contributed by atoms with Crippen LogP contribution in [0.3, 0.4) is 0 Å². The highest BCUT2D eigenvalue weighted by Gasteiger charge is 2.49. The molecule has 2 aromatic carbocycles. The van der Waals surface area contributed by atoms with Crippen LogP contribution in [0, 0.1) is 17.8 Å². The van der Waals surface area contributed by atoms with E-state index in [0.717, 1.165) is 107 Å². The van der Waals surface area contributed by atoms with Gasteiger partial charge >= 0.3 is 0 Å². The van der Waals surface area contributed by atoms with Crippen LogP contribution in [-0.4, -0.2) is 107 Å². The van der Waals surface area contributed by atoms with Crippen LogP contribution in [0.25, 0.3) is 0 Å². The highest BCUT2D eigenvalue weighted by atomic mass is 35.5. The van der Waals surface area contributed by atoms with Crippen molar-refractivity contribution in [2.75, 3.05) is 70.5 Å². The van der Waals surface area contributed by atoms with Gasteiger partial charge in [0.2, 0.25) is 10.0 Å². The van der Waals surface area contributed by atoms with Gasteiger partial charge in [-0.05, 0) is 112 Å². The van der Waals surface area contributed by atoms with E-state index in [4.69, 9.17) is 25.8 Å². The van der Waals surface area contributed by atoms with E-state index in [1.165, 1.54) is 5.56 Å². The summed E-state index contributed by atoms with van der Waals surface area (Å²) in [6, 6.07) is 11.9. The van der Waals surface area contributed by atoms with Gasteiger partial charge in [-0.15, -0.1) is 0 Å². The molecule has 5 aliphatic rings. The molecule has 1 saturated carbocycles. The van der Waals surface area contributed by atoms with Crippen LogP contribution < -0.4 is 14.4 Å². The Labute approximate surface area is 321 Å². The number of amides is 1. The first-order chi connectivity index (χ1) is 25.5. The molecule has 0 unspecified atom stereocenters. The molecule has 2 bridgehead atoms. The number of piperazine rings is 1. The standard InChI is InChI=1S/C41H57ClN4O6S/c1-4-52-41(28-44-18-20-45(21-19-44)36-26-50-27-36)16-7-8-29(2)30(3)53(48,49)43-40(47)32-12-15-39-38(23-32)46(24-33-11-14-37(33)41)17-6-5-9-31-22-35(42)13-10-34(31)25-51-39/h7,10,12-13,15-16,22-23,29-30,33,36-37H,4-6,8-9,11,14,17-21,24-28H2,1-3H3,(H,43,47)/b16-7+/t29-,30+,33-,37+,41-/m0/s1. The summed E-state index contributed by atoms with van der Waals surface area (Å²) >= 11 is 6.41. The number of nitrogens with zero attached hydrogens (tertiary/aromatic N) is 3. The molecule has 1 amide bonds. The van der Waals surface area contributed by atoms with E-state index in [-0.39, 0.29) is 11.8 Å². The number of fused-ring (bicyclic) bond motifs is 3. The maximum absolute atomic E-state index is 13.6. The summed E-state index contributed by atoms with van der Waals surface area (Å²) in [4.78, 5) is 21.2. The maximum Gasteiger partial charge on any atom is 0.264 e. The molecule has 4 aliphatic heterocycles. The zero-order valence-electron chi connectivity index (χ0n) is 31.6. The van der Waals surface area contributed by atoms with Gasteiger partial charge in [0, 0.05) is 63.0 Å². The Morgan fingerprint density at radius 3 is 2.53 bits per heavy atom. The number of halogens is 1. The Morgan fingerprint density at radius 1 is 1.00 bits per heavy atom. The van der Waals surface area contributed by atoms with E-state index in [2.05, 4.69) is 38.5 Å². The van der Waals surface area contributed by atoms with E-state index >= 15 is 0 Å². The fraction of sp³-hybridized carbons (Fsp3) is 0.634. The Balaban J connectivity index is 1.24. The molecule has 0 spiro atoms. The molecular formula is C41H57ClN4O6S. The molecule has 53 heavy (non-hydrogen) atoms. The van der Waals surface area contributed by atoms with Gasteiger partial charge in [-0.25, -0.2) is 13.1 Å². The summed E-state index contributed by atoms with van der Waals surface area (Å²) in [5.41, 5.74) is 2.89. The van der Waals surface area contributed by atoms with Crippen LogP contribution in [0.5, 0.6) is 5.75 Å². The average Bonchev–Trinajstić information content (AvgIpc) is 3.12. The minimum Gasteiger partial charge on any atom is -0.487 e. The van der Waals surface area contributed by atoms with Crippen LogP contribution in [0.4, 0.5) is 5.69 Å². The van der Waals surface area contributed by atoms with Crippen molar-refractivity contribution in [3.63, 3.8) is 0 Å². The summed E-state index contributed by atoms with van der Waals surface area (Å²) in [6.07, 6.45) is 9.97. The lowest BCUT2D eigenvalue weighted by Crippen LogP contribution is -2.61. The van der Waals surface area contributed by atoms with Crippen molar-refractivity contribution in [2.45, 2.75) is 82.8 Å². The van der Waals surface area contributed by atoms with Gasteiger partial charge in [0.15, 0.2) is 0 Å². The van der Waals surface area contributed by atoms with Gasteiger partial charge in [-0.3, -0.25) is 14.6 Å². The smallest absolute Gasteiger partial charge is 0.264 e. The summed E-state index contributed by atoms with van der Waals surface area (Å²) < 4.78 is 48.7. The lowest BCUT2D eigenvalue weighted by Gasteiger charge is -2.52. The minimum atomic E-state index is -3.96. The van der Waals surface area contributed by atoms with Gasteiger partial charge in [0.1, 0.15) is 18.0 Å². The summed E-state index contributed by atoms with van der Waals surface area (Å²) in [6.45, 7) is 14.7. The first-order valence-corrected chi connectivity index (χ1v) is 21.7. The SMILES string of the molecule is CCO[C@]1(CN2CCN(C3COC3)CC2)/C=C/C[C@H](C)[C@@H](C)S(=O)(=O)NC(=O)c2ccc3c(c2)N(CCCCc2cc(Cl)ccc2CO3)C[C@@H]2CC[C@H]21. The fourth-order valence-corrected chi connectivity index (χ4v) is 10.4. The molecule has 3 fully saturated rings. The third-order valence-electron chi connectivity index (χ3n) is 12.6. The van der Waals surface area contributed by atoms with E-state index < -0.39 is 26.8 Å². The number of benzene rings is 2. The van der Waals surface area contributed by atoms with Crippen molar-refractivity contribution in [3.05, 3.63) is 70.3 Å². The molecule has 2 saturated heterocycles. The van der Waals surface area contributed by atoms with Crippen molar-refractivity contribution < 1.29 is 27.4 Å². The Morgan fingerprint density at radius 2 is 1.81 bits per heavy atom. The maximum atomic E-state index is 13.6. The highest BCUT2D eigenvalue weighted by molar-refractivity contribution is 7.90. The first kappa shape index (κ1) is 38.6. The monoisotopic (exact) mass is 768 g/mol. The second-order valence-corrected chi connectivity index (χ2v) is 18.4. The van der Waals surface area contributed by atoms with Gasteiger partial charge in [0.25, 0.3) is 5.91 Å². The molecular weight excluding hydrogens is 712 g/mol. The van der Waals surface area contributed by atoms with Gasteiger partial charge < -0.3 is 19.1 Å². The fourth-order valence-electron chi connectivity index (χ4n) is 8.89. The van der Waals surface area contributed by atoms with Gasteiger partial charge in [-0.2, -0.15) is 0 Å². The predicted molar refractivity (Wildman–Crippen MR) is 209 cm³/mol. The van der Waals surface area contributed by atoms with Crippen LogP contribution >= 0.6 is 11.6 Å². The largest absolute Gasteiger partial charge is 0.487 e. The second-order valence-electron chi connectivity index (χ2n) is 15.9. The van der Waals surface area contributed by atoms with Crippen molar-refractivity contribution in [2.24, 2.45) is 17.8 Å². The number of anilines is 1. The normalized spacial score (nSPS) is 31.0. The highest BCUT2D eigenvalue weighted by Crippen LogP contribution is 2.47. The molecule has 5 atom stereocenters. The molecule has 12 heteroatoms. The van der Waals surface area contributed by atoms with Crippen LogP contribution in [0.15, 0.2) is 48.6 Å². The molecule has 0 radical (unpaired) electrons. The topological polar surface area (TPSA) is 101 Å². The molecule has 0 aromatic heterocycles. The first-order valence-electron chi connectivity index (χ1n) is 19.8. The average molecular weight is 769 g/mol. The second kappa shape index (κ2) is 16.6. The number of sulfonamides is 1. The summed E-state index contributed by atoms with van der Waals surface area (Å²) in [5, 5.41) is -0.0594. The molecule has 1 N–H and O–H groups in total. The zero-order chi connectivity index (χ0) is 37.2. The summed E-state index contributed by atoms with van der Waals surface area (Å²) in [5.74, 6) is 0.475. The van der Waals surface area contributed by atoms with Crippen LogP contribution in [0.1, 0.15) is 74.4 Å². The van der Waals surface area contributed by atoms with Crippen molar-refractivity contribution in [1.82, 2.24) is 14.5 Å². The number of hydrogen-bond acceptors (Lipinski definition) is 9. The van der Waals surface area contributed by atoms with Gasteiger partial charge in [0.05, 0.1) is 30.2 Å². The summed E-state index contributed by atoms with van der Waals surface area (Å²) in [7, 11) is -3.96. The minimum absolute atomic E-state index is 0.219. The number of rotatable bonds is 5. The van der Waals surface area contributed by atoms with Crippen molar-refractivity contribution >= 4 is 33.2 Å². The van der Waals surface area contributed by atoms with Crippen molar-refractivity contribution in [3.8, 4) is 5.75 Å². The number of aryl methyl sites for hydroxylation is 1. The molecule has 4 heterocycles. The van der Waals surface area contributed by atoms with E-state index in [1.807, 2.05) is 37.3 Å². The molecule has 1 aliphatic carbocycles. The zero-order valence-corrected chi connectivity index (χ0v) is 33.2. The lowest BCUT2D eigenvalue weighted by molar-refractivity contribution is -0.119. The number of hydrogen-bond donors (Lipinski definition) is 1. The van der Waals surface area contributed by atoms with E-state index in [1.54, 1.807) is 13.0 Å². The molecule has 290 valence electrons. The number of allylic oxidation sites excluding steroid dienone is 1. The van der Waals surface area contributed by atoms with Gasteiger partial charge in [-0.1, -0.05) is 36.7 Å².